The lowest BCUT2D eigenvalue weighted by Crippen LogP contribution is -2.37. The summed E-state index contributed by atoms with van der Waals surface area (Å²) in [6, 6.07) is 6.44. The quantitative estimate of drug-likeness (QED) is 0.819. The molecule has 0 atom stereocenters. The van der Waals surface area contributed by atoms with E-state index in [4.69, 9.17) is 0 Å². The van der Waals surface area contributed by atoms with Gasteiger partial charge in [-0.05, 0) is 38.5 Å². The summed E-state index contributed by atoms with van der Waals surface area (Å²) in [6.45, 7) is 7.71. The van der Waals surface area contributed by atoms with Gasteiger partial charge in [0.2, 0.25) is 0 Å². The summed E-state index contributed by atoms with van der Waals surface area (Å²) < 4.78 is 13.2. The Morgan fingerprint density at radius 3 is 2.68 bits per heavy atom. The normalized spacial score (nSPS) is 17.6. The van der Waals surface area contributed by atoms with Gasteiger partial charge in [0.1, 0.15) is 5.82 Å². The number of benzene rings is 1. The van der Waals surface area contributed by atoms with E-state index in [1.807, 2.05) is 4.90 Å². The van der Waals surface area contributed by atoms with Crippen LogP contribution in [0.5, 0.6) is 0 Å². The smallest absolute Gasteiger partial charge is 0.254 e. The fourth-order valence-electron chi connectivity index (χ4n) is 2.46. The van der Waals surface area contributed by atoms with Crippen LogP contribution in [0.2, 0.25) is 0 Å². The Morgan fingerprint density at radius 2 is 2.00 bits per heavy atom. The van der Waals surface area contributed by atoms with Gasteiger partial charge in [-0.25, -0.2) is 4.39 Å². The number of carbonyl (C=O) groups excluding carboxylic acids is 1. The summed E-state index contributed by atoms with van der Waals surface area (Å²) in [7, 11) is 0. The van der Waals surface area contributed by atoms with E-state index >= 15 is 0 Å². The van der Waals surface area contributed by atoms with Crippen LogP contribution >= 0.6 is 0 Å². The van der Waals surface area contributed by atoms with Crippen molar-refractivity contribution in [3.05, 3.63) is 35.6 Å². The molecule has 19 heavy (non-hydrogen) atoms. The zero-order valence-electron chi connectivity index (χ0n) is 11.6. The Hall–Kier alpha value is -1.42. The van der Waals surface area contributed by atoms with Gasteiger partial charge in [0.15, 0.2) is 0 Å². The van der Waals surface area contributed by atoms with Crippen LogP contribution in [0.3, 0.4) is 0 Å². The van der Waals surface area contributed by atoms with Crippen LogP contribution in [0.25, 0.3) is 0 Å². The van der Waals surface area contributed by atoms with Crippen LogP contribution in [0.15, 0.2) is 24.3 Å². The van der Waals surface area contributed by atoms with E-state index in [1.165, 1.54) is 12.1 Å². The third kappa shape index (κ3) is 3.53. The highest BCUT2D eigenvalue weighted by Gasteiger charge is 2.21. The third-order valence-corrected chi connectivity index (χ3v) is 3.62. The van der Waals surface area contributed by atoms with Crippen molar-refractivity contribution >= 4 is 5.91 Å². The van der Waals surface area contributed by atoms with Crippen molar-refractivity contribution in [3.63, 3.8) is 0 Å². The lowest BCUT2D eigenvalue weighted by molar-refractivity contribution is 0.0758. The SMILES string of the molecule is CC(C)N1CCCN(C(=O)c2cccc(F)c2)CC1. The summed E-state index contributed by atoms with van der Waals surface area (Å²) in [5.41, 5.74) is 0.443. The molecule has 0 aromatic heterocycles. The number of rotatable bonds is 2. The molecule has 0 aliphatic carbocycles. The van der Waals surface area contributed by atoms with Crippen LogP contribution in [-0.2, 0) is 0 Å². The minimum atomic E-state index is -0.357. The molecule has 1 amide bonds. The Kier molecular flexibility index (Phi) is 4.53. The second-order valence-corrected chi connectivity index (χ2v) is 5.29. The van der Waals surface area contributed by atoms with Gasteiger partial charge in [0.05, 0.1) is 0 Å². The predicted molar refractivity (Wildman–Crippen MR) is 73.6 cm³/mol. The molecule has 1 aliphatic heterocycles. The first-order valence-corrected chi connectivity index (χ1v) is 6.87. The van der Waals surface area contributed by atoms with Gasteiger partial charge >= 0.3 is 0 Å². The molecular formula is C15H21FN2O. The monoisotopic (exact) mass is 264 g/mol. The lowest BCUT2D eigenvalue weighted by Gasteiger charge is -2.24. The molecule has 0 bridgehead atoms. The van der Waals surface area contributed by atoms with Crippen molar-refractivity contribution in [1.29, 1.82) is 0 Å². The van der Waals surface area contributed by atoms with Crippen LogP contribution in [0.4, 0.5) is 4.39 Å². The first kappa shape index (κ1) is 14.0. The van der Waals surface area contributed by atoms with E-state index < -0.39 is 0 Å². The van der Waals surface area contributed by atoms with Crippen LogP contribution in [0.1, 0.15) is 30.6 Å². The van der Waals surface area contributed by atoms with Crippen molar-refractivity contribution in [3.8, 4) is 0 Å². The maximum atomic E-state index is 13.2. The average Bonchev–Trinajstić information content (AvgIpc) is 2.63. The van der Waals surface area contributed by atoms with Crippen LogP contribution in [0, 0.1) is 5.82 Å². The number of halogens is 1. The summed E-state index contributed by atoms with van der Waals surface area (Å²) in [4.78, 5) is 16.5. The van der Waals surface area contributed by atoms with E-state index in [1.54, 1.807) is 12.1 Å². The van der Waals surface area contributed by atoms with Gasteiger partial charge in [-0.15, -0.1) is 0 Å². The van der Waals surface area contributed by atoms with E-state index in [0.29, 0.717) is 18.2 Å². The van der Waals surface area contributed by atoms with Gasteiger partial charge in [-0.1, -0.05) is 6.07 Å². The van der Waals surface area contributed by atoms with E-state index in [2.05, 4.69) is 18.7 Å². The Morgan fingerprint density at radius 1 is 1.21 bits per heavy atom. The molecule has 2 rings (SSSR count). The standard InChI is InChI=1S/C15H21FN2O/c1-12(2)17-7-4-8-18(10-9-17)15(19)13-5-3-6-14(16)11-13/h3,5-6,11-12H,4,7-10H2,1-2H3. The summed E-state index contributed by atoms with van der Waals surface area (Å²) >= 11 is 0. The number of hydrogen-bond acceptors (Lipinski definition) is 2. The fourth-order valence-corrected chi connectivity index (χ4v) is 2.46. The van der Waals surface area contributed by atoms with Gasteiger partial charge in [0.25, 0.3) is 5.91 Å². The molecule has 104 valence electrons. The van der Waals surface area contributed by atoms with E-state index in [9.17, 15) is 9.18 Å². The summed E-state index contributed by atoms with van der Waals surface area (Å²) in [5, 5.41) is 0. The molecule has 0 unspecified atom stereocenters. The zero-order valence-corrected chi connectivity index (χ0v) is 11.6. The highest BCUT2D eigenvalue weighted by molar-refractivity contribution is 5.94. The average molecular weight is 264 g/mol. The minimum Gasteiger partial charge on any atom is -0.337 e. The zero-order chi connectivity index (χ0) is 13.8. The Labute approximate surface area is 114 Å². The largest absolute Gasteiger partial charge is 0.337 e. The van der Waals surface area contributed by atoms with E-state index in [0.717, 1.165) is 26.1 Å². The third-order valence-electron chi connectivity index (χ3n) is 3.62. The van der Waals surface area contributed by atoms with E-state index in [-0.39, 0.29) is 11.7 Å². The molecule has 0 saturated carbocycles. The molecule has 1 saturated heterocycles. The van der Waals surface area contributed by atoms with Gasteiger partial charge in [-0.2, -0.15) is 0 Å². The second kappa shape index (κ2) is 6.15. The molecule has 1 aromatic carbocycles. The van der Waals surface area contributed by atoms with Crippen molar-refractivity contribution in [2.75, 3.05) is 26.2 Å². The van der Waals surface area contributed by atoms with Gasteiger partial charge in [-0.3, -0.25) is 9.69 Å². The molecule has 0 spiro atoms. The first-order chi connectivity index (χ1) is 9.08. The first-order valence-electron chi connectivity index (χ1n) is 6.87. The Balaban J connectivity index is 2.04. The molecule has 1 heterocycles. The highest BCUT2D eigenvalue weighted by Crippen LogP contribution is 2.12. The van der Waals surface area contributed by atoms with Crippen molar-refractivity contribution in [2.45, 2.75) is 26.3 Å². The van der Waals surface area contributed by atoms with Crippen LogP contribution in [-0.4, -0.2) is 47.9 Å². The minimum absolute atomic E-state index is 0.0647. The second-order valence-electron chi connectivity index (χ2n) is 5.29. The fraction of sp³-hybridized carbons (Fsp3) is 0.533. The number of carbonyl (C=O) groups is 1. The molecule has 0 radical (unpaired) electrons. The van der Waals surface area contributed by atoms with Crippen LogP contribution < -0.4 is 0 Å². The molecular weight excluding hydrogens is 243 g/mol. The Bertz CT molecular complexity index is 448. The topological polar surface area (TPSA) is 23.6 Å². The van der Waals surface area contributed by atoms with Crippen molar-refractivity contribution in [2.24, 2.45) is 0 Å². The molecule has 1 aliphatic rings. The molecule has 0 N–H and O–H groups in total. The van der Waals surface area contributed by atoms with Crippen molar-refractivity contribution < 1.29 is 9.18 Å². The van der Waals surface area contributed by atoms with Gasteiger partial charge < -0.3 is 4.90 Å². The maximum absolute atomic E-state index is 13.2. The molecule has 4 heteroatoms. The maximum Gasteiger partial charge on any atom is 0.254 e. The summed E-state index contributed by atoms with van der Waals surface area (Å²) in [6.07, 6.45) is 0.971. The lowest BCUT2D eigenvalue weighted by atomic mass is 10.2. The molecule has 1 fully saturated rings. The molecule has 3 nitrogen and oxygen atoms in total. The molecule has 1 aromatic rings. The number of nitrogens with zero attached hydrogens (tertiary/aromatic N) is 2. The van der Waals surface area contributed by atoms with Gasteiger partial charge in [0, 0.05) is 37.8 Å². The number of amides is 1. The summed E-state index contributed by atoms with van der Waals surface area (Å²) in [5.74, 6) is -0.422. The number of hydrogen-bond donors (Lipinski definition) is 0. The predicted octanol–water partition coefficient (Wildman–Crippen LogP) is 2.38. The highest BCUT2D eigenvalue weighted by atomic mass is 19.1. The van der Waals surface area contributed by atoms with Crippen molar-refractivity contribution in [1.82, 2.24) is 9.80 Å².